The van der Waals surface area contributed by atoms with Crippen LogP contribution in [-0.2, 0) is 6.42 Å². The predicted octanol–water partition coefficient (Wildman–Crippen LogP) is 2.50. The van der Waals surface area contributed by atoms with Crippen LogP contribution in [0.15, 0.2) is 51.7 Å². The third-order valence-corrected chi connectivity index (χ3v) is 3.20. The van der Waals surface area contributed by atoms with E-state index in [1.54, 1.807) is 18.2 Å². The van der Waals surface area contributed by atoms with Crippen LogP contribution in [0.3, 0.4) is 0 Å². The molecule has 2 aromatic carbocycles. The number of aromatic hydroxyl groups is 3. The number of hydrogen-bond donors (Lipinski definition) is 3. The molecule has 3 N–H and O–H groups in total. The number of hydrogen-bond acceptors (Lipinski definition) is 5. The first kappa shape index (κ1) is 13.1. The third kappa shape index (κ3) is 2.41. The molecule has 1 aromatic heterocycles. The summed E-state index contributed by atoms with van der Waals surface area (Å²) in [5.41, 5.74) is 0.667. The lowest BCUT2D eigenvalue weighted by molar-refractivity contribution is 0.403. The first-order valence-corrected chi connectivity index (χ1v) is 6.30. The molecule has 0 saturated carbocycles. The highest BCUT2D eigenvalue weighted by atomic mass is 16.3. The average Bonchev–Trinajstić information content (AvgIpc) is 2.42. The molecule has 5 heteroatoms. The molecule has 106 valence electrons. The topological polar surface area (TPSA) is 90.9 Å². The molecular weight excluding hydrogens is 272 g/mol. The second-order valence-corrected chi connectivity index (χ2v) is 4.73. The Labute approximate surface area is 119 Å². The van der Waals surface area contributed by atoms with Crippen LogP contribution in [0.2, 0.25) is 0 Å². The highest BCUT2D eigenvalue weighted by Gasteiger charge is 2.10. The third-order valence-electron chi connectivity index (χ3n) is 3.20. The van der Waals surface area contributed by atoms with Crippen molar-refractivity contribution in [3.63, 3.8) is 0 Å². The van der Waals surface area contributed by atoms with Crippen LogP contribution in [0.4, 0.5) is 0 Å². The van der Waals surface area contributed by atoms with Crippen molar-refractivity contribution in [2.24, 2.45) is 0 Å². The number of fused-ring (bicyclic) bond motifs is 1. The van der Waals surface area contributed by atoms with Crippen molar-refractivity contribution >= 4 is 11.0 Å². The van der Waals surface area contributed by atoms with Crippen LogP contribution in [0.1, 0.15) is 11.3 Å². The predicted molar refractivity (Wildman–Crippen MR) is 76.7 cm³/mol. The quantitative estimate of drug-likeness (QED) is 0.629. The van der Waals surface area contributed by atoms with Gasteiger partial charge in [0.05, 0.1) is 0 Å². The fourth-order valence-electron chi connectivity index (χ4n) is 2.21. The Bertz CT molecular complexity index is 879. The Balaban J connectivity index is 2.05. The number of phenolic OH excluding ortho intramolecular Hbond substituents is 3. The SMILES string of the molecule is O=c1cc(Cc2ccc(O)c(O)c2)oc2cccc(O)c12. The summed E-state index contributed by atoms with van der Waals surface area (Å²) in [4.78, 5) is 12.0. The molecule has 0 aliphatic carbocycles. The molecule has 0 saturated heterocycles. The van der Waals surface area contributed by atoms with Gasteiger partial charge in [-0.2, -0.15) is 0 Å². The zero-order chi connectivity index (χ0) is 15.0. The van der Waals surface area contributed by atoms with Crippen molar-refractivity contribution < 1.29 is 19.7 Å². The molecular formula is C16H12O5. The van der Waals surface area contributed by atoms with E-state index < -0.39 is 0 Å². The van der Waals surface area contributed by atoms with Crippen LogP contribution in [0, 0.1) is 0 Å². The molecule has 0 unspecified atom stereocenters. The molecule has 3 aromatic rings. The first-order chi connectivity index (χ1) is 10.0. The van der Waals surface area contributed by atoms with Crippen molar-refractivity contribution in [3.05, 3.63) is 64.0 Å². The first-order valence-electron chi connectivity index (χ1n) is 6.30. The van der Waals surface area contributed by atoms with Gasteiger partial charge in [0.25, 0.3) is 0 Å². The van der Waals surface area contributed by atoms with Gasteiger partial charge in [0, 0.05) is 12.5 Å². The Morgan fingerprint density at radius 1 is 0.905 bits per heavy atom. The Hall–Kier alpha value is -2.95. The Kier molecular flexibility index (Phi) is 3.02. The summed E-state index contributed by atoms with van der Waals surface area (Å²) in [7, 11) is 0. The van der Waals surface area contributed by atoms with Gasteiger partial charge in [-0.15, -0.1) is 0 Å². The highest BCUT2D eigenvalue weighted by molar-refractivity contribution is 5.82. The van der Waals surface area contributed by atoms with Crippen LogP contribution in [0.5, 0.6) is 17.2 Å². The lowest BCUT2D eigenvalue weighted by atomic mass is 10.1. The normalized spacial score (nSPS) is 10.9. The molecule has 0 fully saturated rings. The smallest absolute Gasteiger partial charge is 0.196 e. The zero-order valence-electron chi connectivity index (χ0n) is 10.9. The number of phenols is 3. The standard InChI is InChI=1S/C16H12O5/c17-11-5-4-9(7-13(11)19)6-10-8-14(20)16-12(18)2-1-3-15(16)21-10/h1-5,7-8,17-19H,6H2. The van der Waals surface area contributed by atoms with E-state index in [2.05, 4.69) is 0 Å². The van der Waals surface area contributed by atoms with Gasteiger partial charge >= 0.3 is 0 Å². The van der Waals surface area contributed by atoms with E-state index in [4.69, 9.17) is 4.42 Å². The van der Waals surface area contributed by atoms with Gasteiger partial charge in [-0.1, -0.05) is 12.1 Å². The van der Waals surface area contributed by atoms with Crippen molar-refractivity contribution in [2.75, 3.05) is 0 Å². The fourth-order valence-corrected chi connectivity index (χ4v) is 2.21. The van der Waals surface area contributed by atoms with Gasteiger partial charge in [0.15, 0.2) is 16.9 Å². The minimum absolute atomic E-state index is 0.116. The summed E-state index contributed by atoms with van der Waals surface area (Å²) in [5, 5.41) is 28.6. The van der Waals surface area contributed by atoms with Crippen molar-refractivity contribution in [1.29, 1.82) is 0 Å². The molecule has 0 atom stereocenters. The van der Waals surface area contributed by atoms with E-state index in [0.29, 0.717) is 16.9 Å². The number of benzene rings is 2. The lowest BCUT2D eigenvalue weighted by Gasteiger charge is -2.05. The fraction of sp³-hybridized carbons (Fsp3) is 0.0625. The Morgan fingerprint density at radius 2 is 1.71 bits per heavy atom. The second kappa shape index (κ2) is 4.86. The van der Waals surface area contributed by atoms with E-state index in [9.17, 15) is 20.1 Å². The van der Waals surface area contributed by atoms with Crippen molar-refractivity contribution in [2.45, 2.75) is 6.42 Å². The van der Waals surface area contributed by atoms with Crippen LogP contribution in [0.25, 0.3) is 11.0 Å². The molecule has 3 rings (SSSR count). The Morgan fingerprint density at radius 3 is 2.48 bits per heavy atom. The summed E-state index contributed by atoms with van der Waals surface area (Å²) in [6.45, 7) is 0. The highest BCUT2D eigenvalue weighted by Crippen LogP contribution is 2.27. The van der Waals surface area contributed by atoms with Gasteiger partial charge in [-0.05, 0) is 29.8 Å². The van der Waals surface area contributed by atoms with Crippen LogP contribution >= 0.6 is 0 Å². The molecule has 1 heterocycles. The summed E-state index contributed by atoms with van der Waals surface area (Å²) in [6.07, 6.45) is 0.286. The van der Waals surface area contributed by atoms with Gasteiger partial charge < -0.3 is 19.7 Å². The summed E-state index contributed by atoms with van der Waals surface area (Å²) < 4.78 is 5.59. The average molecular weight is 284 g/mol. The molecule has 0 bridgehead atoms. The van der Waals surface area contributed by atoms with Crippen LogP contribution < -0.4 is 5.43 Å². The van der Waals surface area contributed by atoms with Crippen molar-refractivity contribution in [3.8, 4) is 17.2 Å². The van der Waals surface area contributed by atoms with Gasteiger partial charge in [-0.3, -0.25) is 4.79 Å². The maximum atomic E-state index is 12.0. The summed E-state index contributed by atoms with van der Waals surface area (Å²) in [6, 6.07) is 10.3. The van der Waals surface area contributed by atoms with E-state index in [0.717, 1.165) is 0 Å². The molecule has 0 aliphatic rings. The zero-order valence-corrected chi connectivity index (χ0v) is 10.9. The van der Waals surface area contributed by atoms with Gasteiger partial charge in [0.2, 0.25) is 0 Å². The summed E-state index contributed by atoms with van der Waals surface area (Å²) in [5.74, 6) is -0.143. The monoisotopic (exact) mass is 284 g/mol. The maximum absolute atomic E-state index is 12.0. The van der Waals surface area contributed by atoms with E-state index >= 15 is 0 Å². The van der Waals surface area contributed by atoms with E-state index in [1.165, 1.54) is 24.3 Å². The van der Waals surface area contributed by atoms with E-state index in [-0.39, 0.29) is 34.5 Å². The van der Waals surface area contributed by atoms with Gasteiger partial charge in [0.1, 0.15) is 22.5 Å². The van der Waals surface area contributed by atoms with Crippen LogP contribution in [-0.4, -0.2) is 15.3 Å². The molecule has 21 heavy (non-hydrogen) atoms. The molecule has 0 spiro atoms. The molecule has 0 amide bonds. The van der Waals surface area contributed by atoms with E-state index in [1.807, 2.05) is 0 Å². The minimum atomic E-state index is -0.327. The molecule has 0 radical (unpaired) electrons. The molecule has 5 nitrogen and oxygen atoms in total. The maximum Gasteiger partial charge on any atom is 0.196 e. The summed E-state index contributed by atoms with van der Waals surface area (Å²) >= 11 is 0. The van der Waals surface area contributed by atoms with Gasteiger partial charge in [-0.25, -0.2) is 0 Å². The van der Waals surface area contributed by atoms with Crippen molar-refractivity contribution in [1.82, 2.24) is 0 Å². The second-order valence-electron chi connectivity index (χ2n) is 4.73. The lowest BCUT2D eigenvalue weighted by Crippen LogP contribution is -2.03. The molecule has 0 aliphatic heterocycles. The largest absolute Gasteiger partial charge is 0.507 e. The minimum Gasteiger partial charge on any atom is -0.507 e. The number of rotatable bonds is 2.